The van der Waals surface area contributed by atoms with Crippen molar-refractivity contribution in [2.45, 2.75) is 18.6 Å². The molecule has 0 aliphatic carbocycles. The van der Waals surface area contributed by atoms with Gasteiger partial charge in [0.15, 0.2) is 11.5 Å². The van der Waals surface area contributed by atoms with Crippen LogP contribution in [0.5, 0.6) is 17.2 Å². The number of hydrogen-bond acceptors (Lipinski definition) is 6. The maximum Gasteiger partial charge on any atom is 0.416 e. The summed E-state index contributed by atoms with van der Waals surface area (Å²) in [7, 11) is 2.99. The number of hydrogen-bond donors (Lipinski definition) is 0. The largest absolute Gasteiger partial charge is 0.493 e. The summed E-state index contributed by atoms with van der Waals surface area (Å²) in [6, 6.07) is 15.6. The zero-order valence-corrected chi connectivity index (χ0v) is 21.1. The number of ether oxygens (including phenoxy) is 3. The minimum atomic E-state index is -4.53. The predicted octanol–water partition coefficient (Wildman–Crippen LogP) is 5.65. The van der Waals surface area contributed by atoms with E-state index >= 15 is 0 Å². The van der Waals surface area contributed by atoms with Gasteiger partial charge in [0, 0.05) is 11.9 Å². The van der Waals surface area contributed by atoms with Gasteiger partial charge in [-0.05, 0) is 60.0 Å². The molecular weight excluding hydrogens is 515 g/mol. The number of carbonyl (C=O) groups is 1. The third-order valence-corrected chi connectivity index (χ3v) is 6.70. The number of fused-ring (bicyclic) bond motifs is 2. The van der Waals surface area contributed by atoms with Crippen LogP contribution in [0.3, 0.4) is 0 Å². The van der Waals surface area contributed by atoms with E-state index in [1.165, 1.54) is 37.3 Å². The normalized spacial score (nSPS) is 15.1. The predicted molar refractivity (Wildman–Crippen MR) is 136 cm³/mol. The molecule has 7 nitrogen and oxygen atoms in total. The van der Waals surface area contributed by atoms with Gasteiger partial charge in [-0.3, -0.25) is 4.79 Å². The molecule has 1 unspecified atom stereocenters. The lowest BCUT2D eigenvalue weighted by Gasteiger charge is -2.37. The van der Waals surface area contributed by atoms with Crippen molar-refractivity contribution < 1.29 is 36.6 Å². The molecular formula is C29H24F3NO6. The SMILES string of the molecule is COc1cc2c(cc1OC)C(COc1cccc(C(F)(F)F)c1)N(C(=O)c1cc3ccccc3oc1=O)CC2. The quantitative estimate of drug-likeness (QED) is 0.295. The van der Waals surface area contributed by atoms with Crippen molar-refractivity contribution in [2.75, 3.05) is 27.4 Å². The Bertz CT molecular complexity index is 1600. The molecule has 0 saturated carbocycles. The summed E-state index contributed by atoms with van der Waals surface area (Å²) < 4.78 is 61.8. The van der Waals surface area contributed by atoms with Crippen LogP contribution in [0.4, 0.5) is 13.2 Å². The highest BCUT2D eigenvalue weighted by Crippen LogP contribution is 2.39. The van der Waals surface area contributed by atoms with Gasteiger partial charge in [0.25, 0.3) is 5.91 Å². The third-order valence-electron chi connectivity index (χ3n) is 6.70. The third kappa shape index (κ3) is 5.14. The van der Waals surface area contributed by atoms with Gasteiger partial charge >= 0.3 is 11.8 Å². The zero-order chi connectivity index (χ0) is 27.7. The van der Waals surface area contributed by atoms with Crippen molar-refractivity contribution >= 4 is 16.9 Å². The van der Waals surface area contributed by atoms with E-state index in [-0.39, 0.29) is 24.5 Å². The fourth-order valence-electron chi connectivity index (χ4n) is 4.75. The van der Waals surface area contributed by atoms with E-state index in [9.17, 15) is 22.8 Å². The number of methoxy groups -OCH3 is 2. The molecule has 39 heavy (non-hydrogen) atoms. The van der Waals surface area contributed by atoms with Gasteiger partial charge in [-0.15, -0.1) is 0 Å². The van der Waals surface area contributed by atoms with Crippen molar-refractivity contribution in [3.8, 4) is 17.2 Å². The highest BCUT2D eigenvalue weighted by molar-refractivity contribution is 5.97. The van der Waals surface area contributed by atoms with E-state index in [4.69, 9.17) is 18.6 Å². The van der Waals surface area contributed by atoms with E-state index in [2.05, 4.69) is 0 Å². The van der Waals surface area contributed by atoms with Gasteiger partial charge in [0.05, 0.1) is 25.8 Å². The molecule has 0 N–H and O–H groups in total. The van der Waals surface area contributed by atoms with Crippen LogP contribution in [0, 0.1) is 0 Å². The average Bonchev–Trinajstić information content (AvgIpc) is 2.94. The molecule has 10 heteroatoms. The number of alkyl halides is 3. The zero-order valence-electron chi connectivity index (χ0n) is 21.1. The smallest absolute Gasteiger partial charge is 0.416 e. The summed E-state index contributed by atoms with van der Waals surface area (Å²) in [4.78, 5) is 28.0. The second-order valence-electron chi connectivity index (χ2n) is 8.99. The first kappa shape index (κ1) is 26.1. The molecule has 0 bridgehead atoms. The van der Waals surface area contributed by atoms with Gasteiger partial charge in [0.2, 0.25) is 0 Å². The van der Waals surface area contributed by atoms with Gasteiger partial charge < -0.3 is 23.5 Å². The topological polar surface area (TPSA) is 78.2 Å². The molecule has 0 fully saturated rings. The lowest BCUT2D eigenvalue weighted by atomic mass is 9.91. The van der Waals surface area contributed by atoms with Crippen LogP contribution >= 0.6 is 0 Å². The van der Waals surface area contributed by atoms with Crippen molar-refractivity contribution in [2.24, 2.45) is 0 Å². The maximum absolute atomic E-state index is 13.8. The summed E-state index contributed by atoms with van der Waals surface area (Å²) in [5, 5.41) is 0.584. The Kier molecular flexibility index (Phi) is 6.94. The maximum atomic E-state index is 13.8. The molecule has 4 aromatic rings. The minimum absolute atomic E-state index is 0.00459. The Morgan fingerprint density at radius 1 is 1.00 bits per heavy atom. The first-order valence-corrected chi connectivity index (χ1v) is 12.1. The van der Waals surface area contributed by atoms with Crippen LogP contribution in [0.2, 0.25) is 0 Å². The lowest BCUT2D eigenvalue weighted by molar-refractivity contribution is -0.137. The van der Waals surface area contributed by atoms with Crippen LogP contribution in [0.1, 0.15) is 33.1 Å². The summed E-state index contributed by atoms with van der Waals surface area (Å²) in [5.74, 6) is 0.339. The molecule has 1 aliphatic rings. The summed E-state index contributed by atoms with van der Waals surface area (Å²) in [6.45, 7) is 0.0542. The molecule has 0 spiro atoms. The molecule has 202 valence electrons. The second-order valence-corrected chi connectivity index (χ2v) is 8.99. The molecule has 5 rings (SSSR count). The van der Waals surface area contributed by atoms with E-state index < -0.39 is 29.3 Å². The molecule has 0 radical (unpaired) electrons. The van der Waals surface area contributed by atoms with Gasteiger partial charge in [-0.2, -0.15) is 13.2 Å². The van der Waals surface area contributed by atoms with Crippen molar-refractivity contribution in [3.05, 3.63) is 99.4 Å². The van der Waals surface area contributed by atoms with Crippen molar-refractivity contribution in [1.29, 1.82) is 0 Å². The molecule has 2 heterocycles. The Morgan fingerprint density at radius 3 is 2.49 bits per heavy atom. The van der Waals surface area contributed by atoms with E-state index in [0.717, 1.165) is 17.7 Å². The number of nitrogens with zero attached hydrogens (tertiary/aromatic N) is 1. The first-order valence-electron chi connectivity index (χ1n) is 12.1. The number of amides is 1. The molecule has 1 amide bonds. The first-order chi connectivity index (χ1) is 18.7. The summed E-state index contributed by atoms with van der Waals surface area (Å²) >= 11 is 0. The monoisotopic (exact) mass is 539 g/mol. The second kappa shape index (κ2) is 10.4. The number of rotatable bonds is 6. The summed E-state index contributed by atoms with van der Waals surface area (Å²) in [5.41, 5.74) is 0.0989. The Hall–Kier alpha value is -4.47. The minimum Gasteiger partial charge on any atom is -0.493 e. The van der Waals surface area contributed by atoms with Crippen LogP contribution in [0.15, 0.2) is 75.9 Å². The highest BCUT2D eigenvalue weighted by Gasteiger charge is 2.35. The fraction of sp³-hybridized carbons (Fsp3) is 0.241. The average molecular weight is 540 g/mol. The Labute approximate surface area is 221 Å². The number of carbonyl (C=O) groups excluding carboxylic acids is 1. The van der Waals surface area contributed by atoms with E-state index in [0.29, 0.717) is 34.5 Å². The van der Waals surface area contributed by atoms with Crippen LogP contribution < -0.4 is 19.8 Å². The molecule has 0 saturated heterocycles. The van der Waals surface area contributed by atoms with Crippen LogP contribution in [0.25, 0.3) is 11.0 Å². The highest BCUT2D eigenvalue weighted by atomic mass is 19.4. The van der Waals surface area contributed by atoms with E-state index in [1.807, 2.05) is 0 Å². The van der Waals surface area contributed by atoms with Gasteiger partial charge in [-0.1, -0.05) is 24.3 Å². The lowest BCUT2D eigenvalue weighted by Crippen LogP contribution is -2.44. The Balaban J connectivity index is 1.54. The summed E-state index contributed by atoms with van der Waals surface area (Å²) in [6.07, 6.45) is -4.09. The van der Waals surface area contributed by atoms with Crippen molar-refractivity contribution in [1.82, 2.24) is 4.90 Å². The molecule has 1 aliphatic heterocycles. The Morgan fingerprint density at radius 2 is 1.74 bits per heavy atom. The van der Waals surface area contributed by atoms with Gasteiger partial charge in [-0.25, -0.2) is 4.79 Å². The fourth-order valence-corrected chi connectivity index (χ4v) is 4.75. The standard InChI is InChI=1S/C29H24F3NO6/c1-36-25-13-17-10-11-33(27(34)22-12-18-6-3-4-9-24(18)39-28(22)35)23(21(17)15-26(25)37-2)16-38-20-8-5-7-19(14-20)29(30,31)32/h3-9,12-15,23H,10-11,16H2,1-2H3. The van der Waals surface area contributed by atoms with Crippen molar-refractivity contribution in [3.63, 3.8) is 0 Å². The van der Waals surface area contributed by atoms with Gasteiger partial charge in [0.1, 0.15) is 23.5 Å². The van der Waals surface area contributed by atoms with Crippen LogP contribution in [-0.4, -0.2) is 38.2 Å². The molecule has 3 aromatic carbocycles. The molecule has 1 atom stereocenters. The van der Waals surface area contributed by atoms with Crippen LogP contribution in [-0.2, 0) is 12.6 Å². The number of benzene rings is 3. The van der Waals surface area contributed by atoms with E-state index in [1.54, 1.807) is 36.4 Å². The number of halogens is 3. The molecule has 1 aromatic heterocycles. The number of para-hydroxylation sites is 1.